The van der Waals surface area contributed by atoms with Gasteiger partial charge in [0.15, 0.2) is 11.2 Å². The normalized spacial score (nSPS) is 11.9. The number of nitrogens with zero attached hydrogens (tertiary/aromatic N) is 4. The van der Waals surface area contributed by atoms with Gasteiger partial charge in [-0.05, 0) is 26.7 Å². The quantitative estimate of drug-likeness (QED) is 0.833. The van der Waals surface area contributed by atoms with Gasteiger partial charge in [-0.1, -0.05) is 6.92 Å². The fraction of sp³-hybridized carbons (Fsp3) is 0.625. The predicted octanol–water partition coefficient (Wildman–Crippen LogP) is 0.519. The van der Waals surface area contributed by atoms with Crippen LogP contribution in [0.4, 0.5) is 0 Å². The third-order valence-electron chi connectivity index (χ3n) is 4.38. The number of amides is 1. The van der Waals surface area contributed by atoms with E-state index in [9.17, 15) is 14.4 Å². The minimum atomic E-state index is -0.404. The number of hydrogen-bond acceptors (Lipinski definition) is 4. The van der Waals surface area contributed by atoms with Gasteiger partial charge in [-0.2, -0.15) is 0 Å². The summed E-state index contributed by atoms with van der Waals surface area (Å²) < 4.78 is 4.12. The van der Waals surface area contributed by atoms with Crippen LogP contribution < -0.4 is 16.6 Å². The van der Waals surface area contributed by atoms with E-state index in [1.807, 2.05) is 20.8 Å². The van der Waals surface area contributed by atoms with Gasteiger partial charge in [0.2, 0.25) is 5.91 Å². The van der Waals surface area contributed by atoms with Crippen LogP contribution in [0, 0.1) is 0 Å². The van der Waals surface area contributed by atoms with E-state index in [0.717, 1.165) is 11.0 Å². The Bertz CT molecular complexity index is 872. The second kappa shape index (κ2) is 6.62. The molecule has 2 heterocycles. The summed E-state index contributed by atoms with van der Waals surface area (Å²) in [5.41, 5.74) is -0.248. The highest BCUT2D eigenvalue weighted by atomic mass is 16.2. The average molecular weight is 335 g/mol. The van der Waals surface area contributed by atoms with Gasteiger partial charge in [0, 0.05) is 32.6 Å². The van der Waals surface area contributed by atoms with E-state index in [0.29, 0.717) is 30.6 Å². The number of carbonyl (C=O) groups is 1. The molecule has 24 heavy (non-hydrogen) atoms. The summed E-state index contributed by atoms with van der Waals surface area (Å²) >= 11 is 0. The zero-order valence-electron chi connectivity index (χ0n) is 14.9. The van der Waals surface area contributed by atoms with Crippen LogP contribution in [-0.2, 0) is 25.4 Å². The zero-order chi connectivity index (χ0) is 18.1. The molecule has 2 aromatic heterocycles. The van der Waals surface area contributed by atoms with Crippen molar-refractivity contribution in [3.05, 3.63) is 27.2 Å². The van der Waals surface area contributed by atoms with Gasteiger partial charge >= 0.3 is 5.69 Å². The van der Waals surface area contributed by atoms with Crippen molar-refractivity contribution in [3.63, 3.8) is 0 Å². The van der Waals surface area contributed by atoms with Crippen LogP contribution in [0.5, 0.6) is 0 Å². The highest BCUT2D eigenvalue weighted by molar-refractivity contribution is 5.76. The van der Waals surface area contributed by atoms with Gasteiger partial charge in [0.05, 0.1) is 6.33 Å². The first-order valence-corrected chi connectivity index (χ1v) is 8.10. The Kier molecular flexibility index (Phi) is 4.96. The Balaban J connectivity index is 2.14. The fourth-order valence-electron chi connectivity index (χ4n) is 2.50. The lowest BCUT2D eigenvalue weighted by molar-refractivity contribution is -0.122. The Morgan fingerprint density at radius 2 is 1.92 bits per heavy atom. The second-order valence-corrected chi connectivity index (χ2v) is 6.71. The first-order chi connectivity index (χ1) is 11.2. The molecule has 0 spiro atoms. The molecule has 0 aliphatic carbocycles. The molecule has 0 saturated carbocycles. The van der Waals surface area contributed by atoms with Crippen LogP contribution in [0.3, 0.4) is 0 Å². The van der Waals surface area contributed by atoms with Crippen molar-refractivity contribution in [1.29, 1.82) is 0 Å². The molecule has 132 valence electrons. The van der Waals surface area contributed by atoms with Gasteiger partial charge in [-0.25, -0.2) is 9.78 Å². The van der Waals surface area contributed by atoms with Crippen molar-refractivity contribution in [2.75, 3.05) is 0 Å². The van der Waals surface area contributed by atoms with Crippen molar-refractivity contribution in [1.82, 2.24) is 24.0 Å². The average Bonchev–Trinajstić information content (AvgIpc) is 2.94. The number of hydrogen-bond donors (Lipinski definition) is 1. The summed E-state index contributed by atoms with van der Waals surface area (Å²) in [5, 5.41) is 2.99. The fourth-order valence-corrected chi connectivity index (χ4v) is 2.50. The Morgan fingerprint density at radius 3 is 2.54 bits per heavy atom. The van der Waals surface area contributed by atoms with E-state index in [2.05, 4.69) is 10.3 Å². The zero-order valence-corrected chi connectivity index (χ0v) is 14.9. The molecule has 1 N–H and O–H groups in total. The molecule has 0 fully saturated rings. The smallest absolute Gasteiger partial charge is 0.332 e. The molecular formula is C16H25N5O3. The van der Waals surface area contributed by atoms with E-state index >= 15 is 0 Å². The number of imidazole rings is 1. The molecule has 0 bridgehead atoms. The van der Waals surface area contributed by atoms with Crippen LogP contribution in [0.15, 0.2) is 15.9 Å². The number of rotatable bonds is 6. The third-order valence-corrected chi connectivity index (χ3v) is 4.38. The second-order valence-electron chi connectivity index (χ2n) is 6.71. The summed E-state index contributed by atoms with van der Waals surface area (Å²) in [6.07, 6.45) is 3.35. The van der Waals surface area contributed by atoms with Crippen LogP contribution in [-0.4, -0.2) is 30.1 Å². The first-order valence-electron chi connectivity index (χ1n) is 8.10. The SMILES string of the molecule is CCC(C)(C)NC(=O)CCCn1cnc2c1c(=O)n(C)c(=O)n2C. The summed E-state index contributed by atoms with van der Waals surface area (Å²) in [6, 6.07) is 0. The van der Waals surface area contributed by atoms with E-state index in [1.54, 1.807) is 17.9 Å². The number of carbonyl (C=O) groups excluding carboxylic acids is 1. The van der Waals surface area contributed by atoms with Crippen molar-refractivity contribution in [3.8, 4) is 0 Å². The molecule has 0 unspecified atom stereocenters. The number of aryl methyl sites for hydroxylation is 2. The largest absolute Gasteiger partial charge is 0.351 e. The maximum absolute atomic E-state index is 12.3. The molecule has 8 heteroatoms. The van der Waals surface area contributed by atoms with Gasteiger partial charge in [-0.15, -0.1) is 0 Å². The standard InChI is InChI=1S/C16H25N5O3/c1-6-16(2,3)18-11(22)8-7-9-21-10-17-13-12(21)14(23)20(5)15(24)19(13)4/h10H,6-9H2,1-5H3,(H,18,22). The third kappa shape index (κ3) is 3.42. The van der Waals surface area contributed by atoms with Gasteiger partial charge in [0.25, 0.3) is 5.56 Å². The maximum Gasteiger partial charge on any atom is 0.332 e. The summed E-state index contributed by atoms with van der Waals surface area (Å²) in [7, 11) is 3.03. The minimum absolute atomic E-state index is 0.00780. The lowest BCUT2D eigenvalue weighted by atomic mass is 10.0. The van der Waals surface area contributed by atoms with E-state index in [4.69, 9.17) is 0 Å². The maximum atomic E-state index is 12.3. The lowest BCUT2D eigenvalue weighted by Gasteiger charge is -2.24. The molecular weight excluding hydrogens is 310 g/mol. The molecule has 1 amide bonds. The van der Waals surface area contributed by atoms with Crippen molar-refractivity contribution in [2.45, 2.75) is 52.1 Å². The van der Waals surface area contributed by atoms with Crippen molar-refractivity contribution >= 4 is 17.1 Å². The summed E-state index contributed by atoms with van der Waals surface area (Å²) in [4.78, 5) is 40.4. The van der Waals surface area contributed by atoms with Gasteiger partial charge in [0.1, 0.15) is 0 Å². The van der Waals surface area contributed by atoms with Gasteiger partial charge in [-0.3, -0.25) is 18.7 Å². The molecule has 0 aliphatic rings. The summed E-state index contributed by atoms with van der Waals surface area (Å²) in [5.74, 6) is -0.00780. The molecule has 0 atom stereocenters. The number of aromatic nitrogens is 4. The van der Waals surface area contributed by atoms with Gasteiger partial charge < -0.3 is 9.88 Å². The molecule has 0 aliphatic heterocycles. The van der Waals surface area contributed by atoms with Crippen LogP contribution in [0.2, 0.25) is 0 Å². The summed E-state index contributed by atoms with van der Waals surface area (Å²) in [6.45, 7) is 6.48. The highest BCUT2D eigenvalue weighted by Crippen LogP contribution is 2.09. The van der Waals surface area contributed by atoms with Crippen LogP contribution in [0.1, 0.15) is 40.0 Å². The molecule has 0 radical (unpaired) electrons. The van der Waals surface area contributed by atoms with E-state index in [-0.39, 0.29) is 17.0 Å². The van der Waals surface area contributed by atoms with Crippen molar-refractivity contribution < 1.29 is 4.79 Å². The predicted molar refractivity (Wildman–Crippen MR) is 92.0 cm³/mol. The Labute approximate surface area is 140 Å². The van der Waals surface area contributed by atoms with Crippen molar-refractivity contribution in [2.24, 2.45) is 14.1 Å². The lowest BCUT2D eigenvalue weighted by Crippen LogP contribution is -2.42. The molecule has 0 saturated heterocycles. The minimum Gasteiger partial charge on any atom is -0.351 e. The topological polar surface area (TPSA) is 90.9 Å². The monoisotopic (exact) mass is 335 g/mol. The van der Waals surface area contributed by atoms with E-state index in [1.165, 1.54) is 11.6 Å². The molecule has 2 aromatic rings. The molecule has 2 rings (SSSR count). The van der Waals surface area contributed by atoms with E-state index < -0.39 is 5.69 Å². The van der Waals surface area contributed by atoms with Crippen LogP contribution >= 0.6 is 0 Å². The Hall–Kier alpha value is -2.38. The Morgan fingerprint density at radius 1 is 1.25 bits per heavy atom. The highest BCUT2D eigenvalue weighted by Gasteiger charge is 2.18. The number of nitrogens with one attached hydrogen (secondary N) is 1. The van der Waals surface area contributed by atoms with Crippen LogP contribution in [0.25, 0.3) is 11.2 Å². The molecule has 8 nitrogen and oxygen atoms in total. The first kappa shape index (κ1) is 18.0. The molecule has 0 aromatic carbocycles. The number of fused-ring (bicyclic) bond motifs is 1.